The number of thioether (sulfide) groups is 1. The summed E-state index contributed by atoms with van der Waals surface area (Å²) in [5.74, 6) is 2.20. The molecule has 152 valence electrons. The normalized spacial score (nSPS) is 11.8. The van der Waals surface area contributed by atoms with Crippen LogP contribution in [0.25, 0.3) is 0 Å². The number of aromatic nitrogens is 3. The highest BCUT2D eigenvalue weighted by Crippen LogP contribution is 2.21. The fraction of sp³-hybridized carbons (Fsp3) is 0.318. The van der Waals surface area contributed by atoms with E-state index in [-0.39, 0.29) is 11.7 Å². The summed E-state index contributed by atoms with van der Waals surface area (Å²) in [5, 5.41) is 11.9. The second kappa shape index (κ2) is 10.1. The highest BCUT2D eigenvalue weighted by molar-refractivity contribution is 7.99. The van der Waals surface area contributed by atoms with Crippen molar-refractivity contribution in [2.45, 2.75) is 37.9 Å². The van der Waals surface area contributed by atoms with Crippen molar-refractivity contribution in [2.75, 3.05) is 11.1 Å². The van der Waals surface area contributed by atoms with Crippen molar-refractivity contribution in [3.8, 4) is 5.75 Å². The Bertz CT molecular complexity index is 926. The number of carbonyl (C=O) groups excluding carboxylic acids is 1. The van der Waals surface area contributed by atoms with E-state index in [1.54, 1.807) is 0 Å². The fourth-order valence-corrected chi connectivity index (χ4v) is 3.45. The zero-order valence-electron chi connectivity index (χ0n) is 17.0. The van der Waals surface area contributed by atoms with Gasteiger partial charge in [0.05, 0.1) is 5.75 Å². The van der Waals surface area contributed by atoms with Gasteiger partial charge in [-0.2, -0.15) is 0 Å². The Morgan fingerprint density at radius 1 is 1.14 bits per heavy atom. The first kappa shape index (κ1) is 20.9. The molecule has 0 spiro atoms. The number of nitrogens with zero attached hydrogens (tertiary/aromatic N) is 3. The monoisotopic (exact) mass is 410 g/mol. The lowest BCUT2D eigenvalue weighted by molar-refractivity contribution is -0.113. The van der Waals surface area contributed by atoms with Crippen molar-refractivity contribution in [3.05, 3.63) is 66.0 Å². The molecular weight excluding hydrogens is 384 g/mol. The molecule has 1 aromatic heterocycles. The molecule has 1 unspecified atom stereocenters. The van der Waals surface area contributed by atoms with Crippen LogP contribution in [0.3, 0.4) is 0 Å². The van der Waals surface area contributed by atoms with E-state index in [9.17, 15) is 4.79 Å². The Labute approximate surface area is 175 Å². The molecule has 2 aromatic carbocycles. The molecule has 0 aliphatic rings. The van der Waals surface area contributed by atoms with E-state index in [1.807, 2.05) is 54.1 Å². The molecule has 0 fully saturated rings. The van der Waals surface area contributed by atoms with Crippen LogP contribution in [-0.4, -0.2) is 26.4 Å². The predicted molar refractivity (Wildman–Crippen MR) is 116 cm³/mol. The van der Waals surface area contributed by atoms with Crippen molar-refractivity contribution in [3.63, 3.8) is 0 Å². The van der Waals surface area contributed by atoms with Crippen LogP contribution < -0.4 is 10.1 Å². The van der Waals surface area contributed by atoms with Crippen molar-refractivity contribution in [1.82, 2.24) is 14.8 Å². The van der Waals surface area contributed by atoms with Crippen LogP contribution in [0.4, 0.5) is 5.69 Å². The van der Waals surface area contributed by atoms with Crippen LogP contribution in [0.2, 0.25) is 0 Å². The maximum absolute atomic E-state index is 12.3. The molecule has 0 saturated heterocycles. The molecule has 0 aliphatic carbocycles. The smallest absolute Gasteiger partial charge is 0.234 e. The number of amides is 1. The van der Waals surface area contributed by atoms with E-state index >= 15 is 0 Å². The lowest BCUT2D eigenvalue weighted by Crippen LogP contribution is -2.14. The van der Waals surface area contributed by atoms with E-state index in [0.717, 1.165) is 17.9 Å². The molecule has 1 atom stereocenters. The maximum Gasteiger partial charge on any atom is 0.234 e. The minimum atomic E-state index is -0.0728. The molecule has 0 bridgehead atoms. The first-order chi connectivity index (χ1) is 14.1. The van der Waals surface area contributed by atoms with Gasteiger partial charge >= 0.3 is 0 Å². The third kappa shape index (κ3) is 5.84. The molecule has 3 aromatic rings. The van der Waals surface area contributed by atoms with Gasteiger partial charge in [0.2, 0.25) is 5.91 Å². The summed E-state index contributed by atoms with van der Waals surface area (Å²) in [6.07, 6.45) is 1.10. The van der Waals surface area contributed by atoms with E-state index < -0.39 is 0 Å². The number of hydrogen-bond acceptors (Lipinski definition) is 5. The third-order valence-corrected chi connectivity index (χ3v) is 5.76. The SMILES string of the molecule is CCC(C)c1ccc(NC(=O)CSc2nnc(COc3ccccc3)n2C)cc1. The van der Waals surface area contributed by atoms with Crippen LogP contribution in [0, 0.1) is 0 Å². The van der Waals surface area contributed by atoms with Gasteiger partial charge in [0, 0.05) is 12.7 Å². The topological polar surface area (TPSA) is 69.0 Å². The summed E-state index contributed by atoms with van der Waals surface area (Å²) in [5.41, 5.74) is 2.08. The molecule has 1 heterocycles. The highest BCUT2D eigenvalue weighted by Gasteiger charge is 2.12. The van der Waals surface area contributed by atoms with Crippen LogP contribution in [-0.2, 0) is 18.4 Å². The van der Waals surface area contributed by atoms with E-state index in [1.165, 1.54) is 17.3 Å². The average molecular weight is 411 g/mol. The number of ether oxygens (including phenoxy) is 1. The minimum Gasteiger partial charge on any atom is -0.486 e. The van der Waals surface area contributed by atoms with E-state index in [0.29, 0.717) is 23.5 Å². The Hall–Kier alpha value is -2.80. The summed E-state index contributed by atoms with van der Waals surface area (Å²) in [4.78, 5) is 12.3. The van der Waals surface area contributed by atoms with E-state index in [2.05, 4.69) is 41.5 Å². The number of rotatable bonds is 9. The fourth-order valence-electron chi connectivity index (χ4n) is 2.72. The number of para-hydroxylation sites is 1. The quantitative estimate of drug-likeness (QED) is 0.521. The molecule has 0 aliphatic heterocycles. The summed E-state index contributed by atoms with van der Waals surface area (Å²) < 4.78 is 7.56. The van der Waals surface area contributed by atoms with Gasteiger partial charge in [0.15, 0.2) is 11.0 Å². The summed E-state index contributed by atoms with van der Waals surface area (Å²) in [6.45, 7) is 4.69. The predicted octanol–water partition coefficient (Wildman–Crippen LogP) is 4.64. The Balaban J connectivity index is 1.49. The zero-order chi connectivity index (χ0) is 20.6. The molecule has 0 saturated carbocycles. The molecule has 7 heteroatoms. The van der Waals surface area contributed by atoms with Gasteiger partial charge in [-0.05, 0) is 42.2 Å². The van der Waals surface area contributed by atoms with Crippen LogP contribution in [0.15, 0.2) is 59.8 Å². The Morgan fingerprint density at radius 2 is 1.86 bits per heavy atom. The number of anilines is 1. The van der Waals surface area contributed by atoms with E-state index in [4.69, 9.17) is 4.74 Å². The number of benzene rings is 2. The molecule has 0 radical (unpaired) electrons. The second-order valence-electron chi connectivity index (χ2n) is 6.83. The first-order valence-corrected chi connectivity index (χ1v) is 10.6. The Morgan fingerprint density at radius 3 is 2.55 bits per heavy atom. The molecule has 1 amide bonds. The van der Waals surface area contributed by atoms with Gasteiger partial charge in [0.1, 0.15) is 12.4 Å². The number of carbonyl (C=O) groups is 1. The third-order valence-electron chi connectivity index (χ3n) is 4.74. The standard InChI is InChI=1S/C22H26N4O2S/c1-4-16(2)17-10-12-18(13-11-17)23-21(27)15-29-22-25-24-20(26(22)3)14-28-19-8-6-5-7-9-19/h5-13,16H,4,14-15H2,1-3H3,(H,23,27). The minimum absolute atomic E-state index is 0.0728. The van der Waals surface area contributed by atoms with Gasteiger partial charge in [0.25, 0.3) is 0 Å². The van der Waals surface area contributed by atoms with Crippen LogP contribution >= 0.6 is 11.8 Å². The summed E-state index contributed by atoms with van der Waals surface area (Å²) >= 11 is 1.35. The summed E-state index contributed by atoms with van der Waals surface area (Å²) in [6, 6.07) is 17.6. The van der Waals surface area contributed by atoms with Crippen LogP contribution in [0.1, 0.15) is 37.6 Å². The van der Waals surface area contributed by atoms with Crippen LogP contribution in [0.5, 0.6) is 5.75 Å². The molecule has 3 rings (SSSR count). The second-order valence-corrected chi connectivity index (χ2v) is 7.77. The molecule has 29 heavy (non-hydrogen) atoms. The van der Waals surface area contributed by atoms with Crippen molar-refractivity contribution in [1.29, 1.82) is 0 Å². The summed E-state index contributed by atoms with van der Waals surface area (Å²) in [7, 11) is 1.87. The van der Waals surface area contributed by atoms with Crippen molar-refractivity contribution < 1.29 is 9.53 Å². The van der Waals surface area contributed by atoms with Gasteiger partial charge in [-0.25, -0.2) is 0 Å². The Kier molecular flexibility index (Phi) is 7.30. The highest BCUT2D eigenvalue weighted by atomic mass is 32.2. The maximum atomic E-state index is 12.3. The first-order valence-electron chi connectivity index (χ1n) is 9.65. The number of nitrogens with one attached hydrogen (secondary N) is 1. The van der Waals surface area contributed by atoms with Crippen molar-refractivity contribution in [2.24, 2.45) is 7.05 Å². The van der Waals surface area contributed by atoms with Gasteiger partial charge < -0.3 is 14.6 Å². The van der Waals surface area contributed by atoms with Crippen molar-refractivity contribution >= 4 is 23.4 Å². The molecular formula is C22H26N4O2S. The van der Waals surface area contributed by atoms with Gasteiger partial charge in [-0.3, -0.25) is 4.79 Å². The van der Waals surface area contributed by atoms with Gasteiger partial charge in [-0.1, -0.05) is 55.9 Å². The largest absolute Gasteiger partial charge is 0.486 e. The average Bonchev–Trinajstić information content (AvgIpc) is 3.11. The zero-order valence-corrected chi connectivity index (χ0v) is 17.8. The number of hydrogen-bond donors (Lipinski definition) is 1. The molecule has 1 N–H and O–H groups in total. The molecule has 6 nitrogen and oxygen atoms in total. The lowest BCUT2D eigenvalue weighted by Gasteiger charge is -2.10. The van der Waals surface area contributed by atoms with Gasteiger partial charge in [-0.15, -0.1) is 10.2 Å². The lowest BCUT2D eigenvalue weighted by atomic mass is 9.99.